The number of ether oxygens (including phenoxy) is 2. The average Bonchev–Trinajstić information content (AvgIpc) is 2.56. The Bertz CT molecular complexity index is 823. The van der Waals surface area contributed by atoms with Gasteiger partial charge < -0.3 is 9.47 Å². The number of anilines is 1. The molecule has 3 rings (SSSR count). The van der Waals surface area contributed by atoms with Gasteiger partial charge in [0.1, 0.15) is 13.2 Å². The Labute approximate surface area is 144 Å². The molecule has 0 aromatic heterocycles. The maximum Gasteiger partial charge on any atom is 0.264 e. The van der Waals surface area contributed by atoms with Crippen molar-refractivity contribution < 1.29 is 17.9 Å². The van der Waals surface area contributed by atoms with Gasteiger partial charge >= 0.3 is 0 Å². The zero-order valence-electron chi connectivity index (χ0n) is 12.5. The van der Waals surface area contributed by atoms with Crippen LogP contribution in [0.4, 0.5) is 5.69 Å². The molecule has 1 aliphatic heterocycles. The van der Waals surface area contributed by atoms with Crippen molar-refractivity contribution in [3.8, 4) is 11.5 Å². The van der Waals surface area contributed by atoms with Gasteiger partial charge in [0.2, 0.25) is 0 Å². The van der Waals surface area contributed by atoms with Crippen molar-refractivity contribution in [3.63, 3.8) is 0 Å². The van der Waals surface area contributed by atoms with Gasteiger partial charge in [0.25, 0.3) is 10.0 Å². The van der Waals surface area contributed by atoms with Crippen LogP contribution in [0.25, 0.3) is 0 Å². The highest BCUT2D eigenvalue weighted by atomic mass is 79.9. The van der Waals surface area contributed by atoms with Crippen molar-refractivity contribution >= 4 is 31.6 Å². The molecule has 0 N–H and O–H groups in total. The highest BCUT2D eigenvalue weighted by Gasteiger charge is 2.26. The first-order chi connectivity index (χ1) is 11.0. The zero-order valence-corrected chi connectivity index (χ0v) is 14.9. The summed E-state index contributed by atoms with van der Waals surface area (Å²) < 4.78 is 39.0. The fraction of sp³-hybridized carbons (Fsp3) is 0.250. The standard InChI is InChI=1S/C16H16BrNO4S/c1-2-18(14-6-4-3-5-13(14)17)23(19,20)12-7-8-15-16(11-12)22-10-9-21-15/h3-8,11H,2,9-10H2,1H3. The summed E-state index contributed by atoms with van der Waals surface area (Å²) in [7, 11) is -3.69. The Morgan fingerprint density at radius 3 is 2.48 bits per heavy atom. The number of hydrogen-bond donors (Lipinski definition) is 0. The van der Waals surface area contributed by atoms with Gasteiger partial charge in [0, 0.05) is 17.1 Å². The van der Waals surface area contributed by atoms with E-state index in [4.69, 9.17) is 9.47 Å². The lowest BCUT2D eigenvalue weighted by molar-refractivity contribution is 0.171. The van der Waals surface area contributed by atoms with E-state index >= 15 is 0 Å². The van der Waals surface area contributed by atoms with Crippen molar-refractivity contribution in [1.82, 2.24) is 0 Å². The maximum atomic E-state index is 13.0. The van der Waals surface area contributed by atoms with Gasteiger partial charge in [-0.3, -0.25) is 4.31 Å². The van der Waals surface area contributed by atoms with Gasteiger partial charge in [-0.05, 0) is 47.1 Å². The second-order valence-corrected chi connectivity index (χ2v) is 7.64. The third kappa shape index (κ3) is 3.03. The van der Waals surface area contributed by atoms with E-state index in [1.807, 2.05) is 18.2 Å². The number of nitrogens with zero attached hydrogens (tertiary/aromatic N) is 1. The second kappa shape index (κ2) is 6.41. The summed E-state index contributed by atoms with van der Waals surface area (Å²) in [4.78, 5) is 0.180. The molecule has 122 valence electrons. The number of hydrogen-bond acceptors (Lipinski definition) is 4. The molecule has 0 amide bonds. The van der Waals surface area contributed by atoms with Crippen LogP contribution in [0.2, 0.25) is 0 Å². The molecule has 1 heterocycles. The molecule has 0 fully saturated rings. The van der Waals surface area contributed by atoms with E-state index in [0.29, 0.717) is 36.9 Å². The molecule has 7 heteroatoms. The van der Waals surface area contributed by atoms with Gasteiger partial charge in [-0.2, -0.15) is 0 Å². The number of rotatable bonds is 4. The Balaban J connectivity index is 2.04. The average molecular weight is 398 g/mol. The van der Waals surface area contributed by atoms with E-state index in [9.17, 15) is 8.42 Å². The molecular formula is C16H16BrNO4S. The van der Waals surface area contributed by atoms with Gasteiger partial charge in [-0.15, -0.1) is 0 Å². The van der Waals surface area contributed by atoms with E-state index < -0.39 is 10.0 Å². The van der Waals surface area contributed by atoms with Crippen molar-refractivity contribution in [2.24, 2.45) is 0 Å². The van der Waals surface area contributed by atoms with E-state index in [0.717, 1.165) is 4.47 Å². The monoisotopic (exact) mass is 397 g/mol. The number of halogens is 1. The second-order valence-electron chi connectivity index (χ2n) is 4.93. The summed E-state index contributed by atoms with van der Waals surface area (Å²) in [5, 5.41) is 0. The van der Waals surface area contributed by atoms with Gasteiger partial charge in [-0.1, -0.05) is 12.1 Å². The molecule has 23 heavy (non-hydrogen) atoms. The topological polar surface area (TPSA) is 55.8 Å². The highest BCUT2D eigenvalue weighted by Crippen LogP contribution is 2.35. The molecule has 2 aromatic rings. The number of fused-ring (bicyclic) bond motifs is 1. The molecule has 0 bridgehead atoms. The van der Waals surface area contributed by atoms with Gasteiger partial charge in [0.15, 0.2) is 11.5 Å². The van der Waals surface area contributed by atoms with Gasteiger partial charge in [-0.25, -0.2) is 8.42 Å². The SMILES string of the molecule is CCN(c1ccccc1Br)S(=O)(=O)c1ccc2c(c1)OCCO2. The first kappa shape index (κ1) is 16.1. The van der Waals surface area contributed by atoms with Crippen molar-refractivity contribution in [2.75, 3.05) is 24.1 Å². The predicted molar refractivity (Wildman–Crippen MR) is 91.8 cm³/mol. The van der Waals surface area contributed by atoms with Crippen LogP contribution in [-0.2, 0) is 10.0 Å². The molecule has 5 nitrogen and oxygen atoms in total. The molecule has 0 aliphatic carbocycles. The number of para-hydroxylation sites is 1. The predicted octanol–water partition coefficient (Wildman–Crippen LogP) is 3.44. The Morgan fingerprint density at radius 2 is 1.78 bits per heavy atom. The molecule has 0 radical (unpaired) electrons. The Morgan fingerprint density at radius 1 is 1.09 bits per heavy atom. The van der Waals surface area contributed by atoms with E-state index in [1.54, 1.807) is 25.1 Å². The maximum absolute atomic E-state index is 13.0. The Hall–Kier alpha value is -1.73. The lowest BCUT2D eigenvalue weighted by Gasteiger charge is -2.25. The fourth-order valence-corrected chi connectivity index (χ4v) is 4.56. The minimum Gasteiger partial charge on any atom is -0.486 e. The normalized spacial score (nSPS) is 13.7. The molecule has 0 spiro atoms. The van der Waals surface area contributed by atoms with E-state index in [-0.39, 0.29) is 4.90 Å². The molecule has 0 unspecified atom stereocenters. The molecule has 1 aliphatic rings. The van der Waals surface area contributed by atoms with Crippen LogP contribution in [0.1, 0.15) is 6.92 Å². The first-order valence-electron chi connectivity index (χ1n) is 7.21. The smallest absolute Gasteiger partial charge is 0.264 e. The van der Waals surface area contributed by atoms with Crippen LogP contribution >= 0.6 is 15.9 Å². The lowest BCUT2D eigenvalue weighted by Crippen LogP contribution is -2.31. The molecular weight excluding hydrogens is 382 g/mol. The summed E-state index contributed by atoms with van der Waals surface area (Å²) in [6.45, 7) is 3.00. The Kier molecular flexibility index (Phi) is 4.50. The third-order valence-electron chi connectivity index (χ3n) is 3.51. The van der Waals surface area contributed by atoms with Crippen molar-refractivity contribution in [2.45, 2.75) is 11.8 Å². The quantitative estimate of drug-likeness (QED) is 0.792. The van der Waals surface area contributed by atoms with E-state index in [1.165, 1.54) is 10.4 Å². The van der Waals surface area contributed by atoms with E-state index in [2.05, 4.69) is 15.9 Å². The molecule has 2 aromatic carbocycles. The highest BCUT2D eigenvalue weighted by molar-refractivity contribution is 9.10. The summed E-state index contributed by atoms with van der Waals surface area (Å²) in [6.07, 6.45) is 0. The van der Waals surface area contributed by atoms with Crippen LogP contribution in [0.3, 0.4) is 0 Å². The fourth-order valence-electron chi connectivity index (χ4n) is 2.44. The summed E-state index contributed by atoms with van der Waals surface area (Å²) >= 11 is 3.41. The van der Waals surface area contributed by atoms with Crippen LogP contribution in [-0.4, -0.2) is 28.2 Å². The van der Waals surface area contributed by atoms with Gasteiger partial charge in [0.05, 0.1) is 10.6 Å². The van der Waals surface area contributed by atoms with Crippen LogP contribution in [0, 0.1) is 0 Å². The van der Waals surface area contributed by atoms with Crippen LogP contribution in [0.5, 0.6) is 11.5 Å². The number of benzene rings is 2. The number of sulfonamides is 1. The summed E-state index contributed by atoms with van der Waals surface area (Å²) in [5.74, 6) is 1.03. The summed E-state index contributed by atoms with van der Waals surface area (Å²) in [5.41, 5.74) is 0.602. The third-order valence-corrected chi connectivity index (χ3v) is 6.07. The van der Waals surface area contributed by atoms with Crippen LogP contribution < -0.4 is 13.8 Å². The lowest BCUT2D eigenvalue weighted by atomic mass is 10.3. The summed E-state index contributed by atoms with van der Waals surface area (Å²) in [6, 6.07) is 11.9. The van der Waals surface area contributed by atoms with Crippen LogP contribution in [0.15, 0.2) is 51.8 Å². The molecule has 0 atom stereocenters. The zero-order chi connectivity index (χ0) is 16.4. The largest absolute Gasteiger partial charge is 0.486 e. The molecule has 0 saturated carbocycles. The van der Waals surface area contributed by atoms with Crippen molar-refractivity contribution in [3.05, 3.63) is 46.9 Å². The molecule has 0 saturated heterocycles. The minimum absolute atomic E-state index is 0.180. The minimum atomic E-state index is -3.69. The first-order valence-corrected chi connectivity index (χ1v) is 9.44. The van der Waals surface area contributed by atoms with Crippen molar-refractivity contribution in [1.29, 1.82) is 0 Å².